The molecule has 1 saturated heterocycles. The molecule has 0 aromatic carbocycles. The molecule has 1 aliphatic heterocycles. The summed E-state index contributed by atoms with van der Waals surface area (Å²) in [6, 6.07) is 0.708. The number of nitrogens with zero attached hydrogens (tertiary/aromatic N) is 4. The predicted octanol–water partition coefficient (Wildman–Crippen LogP) is 1.43. The van der Waals surface area contributed by atoms with Gasteiger partial charge in [-0.2, -0.15) is 0 Å². The molecule has 4 N–H and O–H groups in total. The molecule has 2 aromatic heterocycles. The summed E-state index contributed by atoms with van der Waals surface area (Å²) in [5.41, 5.74) is 12.3. The molecule has 0 unspecified atom stereocenters. The number of amides is 1. The van der Waals surface area contributed by atoms with Gasteiger partial charge in [-0.05, 0) is 48.2 Å². The summed E-state index contributed by atoms with van der Waals surface area (Å²) in [4.78, 5) is 22.3. The third kappa shape index (κ3) is 2.31. The van der Waals surface area contributed by atoms with Gasteiger partial charge in [-0.25, -0.2) is 9.97 Å². The van der Waals surface area contributed by atoms with E-state index in [9.17, 15) is 4.79 Å². The van der Waals surface area contributed by atoms with Crippen molar-refractivity contribution in [3.8, 4) is 0 Å². The van der Waals surface area contributed by atoms with E-state index in [0.717, 1.165) is 47.7 Å². The first-order valence-corrected chi connectivity index (χ1v) is 8.67. The second kappa shape index (κ2) is 5.45. The number of anilines is 1. The van der Waals surface area contributed by atoms with Crippen LogP contribution >= 0.6 is 15.9 Å². The van der Waals surface area contributed by atoms with Crippen molar-refractivity contribution in [1.82, 2.24) is 19.4 Å². The minimum Gasteiger partial charge on any atom is -0.383 e. The van der Waals surface area contributed by atoms with Crippen molar-refractivity contribution in [3.05, 3.63) is 17.0 Å². The molecule has 0 spiro atoms. The highest BCUT2D eigenvalue weighted by Gasteiger charge is 2.41. The number of halogens is 1. The first-order valence-electron chi connectivity index (χ1n) is 7.88. The molecular weight excluding hydrogens is 360 g/mol. The fourth-order valence-corrected chi connectivity index (χ4v) is 4.53. The molecule has 122 valence electrons. The maximum absolute atomic E-state index is 11.6. The Labute approximate surface area is 142 Å². The Balaban J connectivity index is 1.55. The van der Waals surface area contributed by atoms with Gasteiger partial charge in [0.15, 0.2) is 0 Å². The number of rotatable bonds is 3. The summed E-state index contributed by atoms with van der Waals surface area (Å²) in [6.45, 7) is 0.968. The van der Waals surface area contributed by atoms with Gasteiger partial charge >= 0.3 is 0 Å². The van der Waals surface area contributed by atoms with E-state index in [0.29, 0.717) is 17.9 Å². The third-order valence-corrected chi connectivity index (χ3v) is 5.77. The first kappa shape index (κ1) is 14.9. The second-order valence-corrected chi connectivity index (χ2v) is 7.27. The smallest absolute Gasteiger partial charge is 0.234 e. The molecule has 4 rings (SSSR count). The summed E-state index contributed by atoms with van der Waals surface area (Å²) in [5, 5.41) is 0.868. The lowest BCUT2D eigenvalue weighted by Crippen LogP contribution is -2.51. The van der Waals surface area contributed by atoms with E-state index >= 15 is 0 Å². The molecule has 2 fully saturated rings. The number of primary amides is 1. The van der Waals surface area contributed by atoms with Crippen molar-refractivity contribution < 1.29 is 4.79 Å². The van der Waals surface area contributed by atoms with Gasteiger partial charge in [-0.1, -0.05) is 0 Å². The molecule has 3 heterocycles. The van der Waals surface area contributed by atoms with Crippen LogP contribution in [0.4, 0.5) is 5.82 Å². The number of carbonyl (C=O) groups excluding carboxylic acids is 1. The van der Waals surface area contributed by atoms with Crippen LogP contribution in [0.1, 0.15) is 31.7 Å². The van der Waals surface area contributed by atoms with Crippen molar-refractivity contribution in [2.24, 2.45) is 5.73 Å². The number of hydrogen-bond acceptors (Lipinski definition) is 5. The number of fused-ring (bicyclic) bond motifs is 1. The fraction of sp³-hybridized carbons (Fsp3) is 0.533. The van der Waals surface area contributed by atoms with E-state index in [1.165, 1.54) is 6.33 Å². The van der Waals surface area contributed by atoms with E-state index in [-0.39, 0.29) is 11.9 Å². The summed E-state index contributed by atoms with van der Waals surface area (Å²) < 4.78 is 3.09. The van der Waals surface area contributed by atoms with Gasteiger partial charge in [0, 0.05) is 22.8 Å². The monoisotopic (exact) mass is 378 g/mol. The maximum Gasteiger partial charge on any atom is 0.234 e. The van der Waals surface area contributed by atoms with Crippen molar-refractivity contribution in [1.29, 1.82) is 0 Å². The molecule has 1 amide bonds. The Morgan fingerprint density at radius 1 is 1.30 bits per heavy atom. The average molecular weight is 379 g/mol. The summed E-state index contributed by atoms with van der Waals surface area (Å²) in [5.74, 6) is 0.297. The Morgan fingerprint density at radius 3 is 2.83 bits per heavy atom. The van der Waals surface area contributed by atoms with E-state index < -0.39 is 0 Å². The second-order valence-electron chi connectivity index (χ2n) is 6.42. The summed E-state index contributed by atoms with van der Waals surface area (Å²) >= 11 is 3.55. The average Bonchev–Trinajstić information content (AvgIpc) is 3.04. The summed E-state index contributed by atoms with van der Waals surface area (Å²) in [7, 11) is 0. The van der Waals surface area contributed by atoms with Gasteiger partial charge < -0.3 is 16.0 Å². The molecular formula is C15H19BrN6O. The van der Waals surface area contributed by atoms with Gasteiger partial charge in [-0.3, -0.25) is 9.69 Å². The van der Waals surface area contributed by atoms with Crippen molar-refractivity contribution in [2.75, 3.05) is 12.3 Å². The lowest BCUT2D eigenvalue weighted by atomic mass is 9.84. The van der Waals surface area contributed by atoms with Crippen LogP contribution in [0.3, 0.4) is 0 Å². The van der Waals surface area contributed by atoms with Crippen LogP contribution in [0.5, 0.6) is 0 Å². The van der Waals surface area contributed by atoms with Gasteiger partial charge in [0.2, 0.25) is 5.91 Å². The number of nitrogen functional groups attached to an aromatic ring is 1. The minimum absolute atomic E-state index is 0.0907. The zero-order valence-corrected chi connectivity index (χ0v) is 14.2. The van der Waals surface area contributed by atoms with Gasteiger partial charge in [0.1, 0.15) is 17.8 Å². The van der Waals surface area contributed by atoms with Crippen molar-refractivity contribution in [2.45, 2.75) is 43.8 Å². The standard InChI is InChI=1S/C15H19BrN6O/c16-10-6-22(15-12(10)13(17)19-7-20-15)9-4-8(5-9)21-3-1-2-11(21)14(18)23/h6-9,11H,1-5H2,(H2,18,23)(H2,17,19,20)/t8-,9-,11-/m0/s1. The van der Waals surface area contributed by atoms with Crippen LogP contribution in [0, 0.1) is 0 Å². The van der Waals surface area contributed by atoms with E-state index in [1.807, 2.05) is 6.20 Å². The lowest BCUT2D eigenvalue weighted by molar-refractivity contribution is -0.123. The van der Waals surface area contributed by atoms with Gasteiger partial charge in [0.05, 0.1) is 11.4 Å². The predicted molar refractivity (Wildman–Crippen MR) is 90.6 cm³/mol. The van der Waals surface area contributed by atoms with E-state index in [4.69, 9.17) is 11.5 Å². The van der Waals surface area contributed by atoms with Crippen LogP contribution in [-0.2, 0) is 4.79 Å². The van der Waals surface area contributed by atoms with Crippen LogP contribution in [0.25, 0.3) is 11.0 Å². The Kier molecular flexibility index (Phi) is 3.53. The summed E-state index contributed by atoms with van der Waals surface area (Å²) in [6.07, 6.45) is 7.48. The highest BCUT2D eigenvalue weighted by atomic mass is 79.9. The van der Waals surface area contributed by atoms with Gasteiger partial charge in [-0.15, -0.1) is 0 Å². The lowest BCUT2D eigenvalue weighted by Gasteiger charge is -2.43. The molecule has 0 radical (unpaired) electrons. The number of hydrogen-bond donors (Lipinski definition) is 2. The Morgan fingerprint density at radius 2 is 2.09 bits per heavy atom. The molecule has 8 heteroatoms. The fourth-order valence-electron chi connectivity index (χ4n) is 3.93. The highest BCUT2D eigenvalue weighted by Crippen LogP contribution is 2.42. The van der Waals surface area contributed by atoms with Crippen LogP contribution in [0.15, 0.2) is 17.0 Å². The van der Waals surface area contributed by atoms with Crippen molar-refractivity contribution >= 4 is 38.7 Å². The molecule has 0 bridgehead atoms. The number of carbonyl (C=O) groups is 1. The third-order valence-electron chi connectivity index (χ3n) is 5.17. The molecule has 1 saturated carbocycles. The van der Waals surface area contributed by atoms with E-state index in [2.05, 4.69) is 35.4 Å². The Hall–Kier alpha value is -1.67. The van der Waals surface area contributed by atoms with Crippen molar-refractivity contribution in [3.63, 3.8) is 0 Å². The first-order chi connectivity index (χ1) is 11.1. The zero-order chi connectivity index (χ0) is 16.1. The minimum atomic E-state index is -0.194. The topological polar surface area (TPSA) is 103 Å². The number of aromatic nitrogens is 3. The quantitative estimate of drug-likeness (QED) is 0.840. The molecule has 23 heavy (non-hydrogen) atoms. The molecule has 2 aliphatic rings. The molecule has 2 aromatic rings. The van der Waals surface area contributed by atoms with Crippen LogP contribution in [0.2, 0.25) is 0 Å². The Bertz CT molecular complexity index is 769. The SMILES string of the molecule is NC(=O)[C@@H]1CCCN1[C@H]1C[C@H](n2cc(Br)c3c(N)ncnc32)C1. The molecule has 1 aliphatic carbocycles. The molecule has 7 nitrogen and oxygen atoms in total. The number of nitrogens with two attached hydrogens (primary N) is 2. The van der Waals surface area contributed by atoms with Crippen LogP contribution < -0.4 is 11.5 Å². The highest BCUT2D eigenvalue weighted by molar-refractivity contribution is 9.10. The zero-order valence-electron chi connectivity index (χ0n) is 12.7. The largest absolute Gasteiger partial charge is 0.383 e. The van der Waals surface area contributed by atoms with Crippen LogP contribution in [-0.4, -0.2) is 44.0 Å². The van der Waals surface area contributed by atoms with E-state index in [1.54, 1.807) is 0 Å². The molecule has 1 atom stereocenters. The normalized spacial score (nSPS) is 28.1. The number of likely N-dealkylation sites (tertiary alicyclic amines) is 1. The maximum atomic E-state index is 11.6. The van der Waals surface area contributed by atoms with Gasteiger partial charge in [0.25, 0.3) is 0 Å².